The van der Waals surface area contributed by atoms with Gasteiger partial charge in [-0.15, -0.1) is 0 Å². The number of hydrogen-bond acceptors (Lipinski definition) is 3. The maximum atomic E-state index is 11.3. The van der Waals surface area contributed by atoms with Crippen LogP contribution in [-0.2, 0) is 16.4 Å². The predicted octanol–water partition coefficient (Wildman–Crippen LogP) is 1.27. The molecule has 0 heterocycles. The molecule has 0 aliphatic carbocycles. The number of sulfonamides is 1. The summed E-state index contributed by atoms with van der Waals surface area (Å²) in [5.74, 6) is 0. The molecule has 1 aromatic carbocycles. The topological polar surface area (TPSA) is 86.2 Å². The van der Waals surface area contributed by atoms with Crippen molar-refractivity contribution in [2.75, 3.05) is 0 Å². The Morgan fingerprint density at radius 1 is 1.44 bits per heavy atom. The van der Waals surface area contributed by atoms with Gasteiger partial charge in [-0.1, -0.05) is 11.6 Å². The highest BCUT2D eigenvalue weighted by molar-refractivity contribution is 7.89. The Hall–Kier alpha value is -0.620. The van der Waals surface area contributed by atoms with E-state index in [9.17, 15) is 8.42 Å². The molecular formula is C10H15ClN2O2S. The van der Waals surface area contributed by atoms with Gasteiger partial charge >= 0.3 is 0 Å². The second kappa shape index (κ2) is 5.14. The van der Waals surface area contributed by atoms with Gasteiger partial charge in [0.15, 0.2) is 0 Å². The van der Waals surface area contributed by atoms with Crippen molar-refractivity contribution in [1.29, 1.82) is 0 Å². The van der Waals surface area contributed by atoms with Gasteiger partial charge in [0.2, 0.25) is 10.0 Å². The third kappa shape index (κ3) is 3.75. The van der Waals surface area contributed by atoms with E-state index in [0.29, 0.717) is 23.4 Å². The van der Waals surface area contributed by atoms with Crippen LogP contribution in [0.3, 0.4) is 0 Å². The first kappa shape index (κ1) is 13.4. The van der Waals surface area contributed by atoms with Crippen molar-refractivity contribution in [1.82, 2.24) is 0 Å². The molecule has 0 bridgehead atoms. The van der Waals surface area contributed by atoms with Crippen LogP contribution >= 0.6 is 11.6 Å². The smallest absolute Gasteiger partial charge is 0.238 e. The molecule has 1 unspecified atom stereocenters. The fourth-order valence-corrected chi connectivity index (χ4v) is 2.38. The number of nitrogens with two attached hydrogens (primary N) is 2. The summed E-state index contributed by atoms with van der Waals surface area (Å²) in [5.41, 5.74) is 6.24. The molecule has 6 heteroatoms. The van der Waals surface area contributed by atoms with Gasteiger partial charge in [0.05, 0.1) is 4.90 Å². The lowest BCUT2D eigenvalue weighted by atomic mass is 10.1. The lowest BCUT2D eigenvalue weighted by Gasteiger charge is -2.09. The maximum Gasteiger partial charge on any atom is 0.238 e. The van der Waals surface area contributed by atoms with E-state index >= 15 is 0 Å². The second-order valence-corrected chi connectivity index (χ2v) is 5.78. The zero-order valence-corrected chi connectivity index (χ0v) is 10.6. The van der Waals surface area contributed by atoms with Crippen LogP contribution in [0.25, 0.3) is 0 Å². The quantitative estimate of drug-likeness (QED) is 0.857. The largest absolute Gasteiger partial charge is 0.328 e. The SMILES string of the molecule is CC(N)CCc1cc(Cl)ccc1S(N)(=O)=O. The maximum absolute atomic E-state index is 11.3. The van der Waals surface area contributed by atoms with Gasteiger partial charge in [0, 0.05) is 11.1 Å². The Kier molecular flexibility index (Phi) is 4.32. The lowest BCUT2D eigenvalue weighted by molar-refractivity contribution is 0.594. The fraction of sp³-hybridized carbons (Fsp3) is 0.400. The van der Waals surface area contributed by atoms with Crippen LogP contribution in [0.2, 0.25) is 5.02 Å². The number of halogens is 1. The molecule has 4 nitrogen and oxygen atoms in total. The molecule has 4 N–H and O–H groups in total. The van der Waals surface area contributed by atoms with Gasteiger partial charge in [0.25, 0.3) is 0 Å². The highest BCUT2D eigenvalue weighted by atomic mass is 35.5. The molecule has 0 aromatic heterocycles. The van der Waals surface area contributed by atoms with Crippen molar-refractivity contribution in [3.05, 3.63) is 28.8 Å². The van der Waals surface area contributed by atoms with Crippen LogP contribution in [0.1, 0.15) is 18.9 Å². The molecule has 0 aliphatic rings. The zero-order valence-electron chi connectivity index (χ0n) is 8.98. The summed E-state index contributed by atoms with van der Waals surface area (Å²) in [4.78, 5) is 0.123. The van der Waals surface area contributed by atoms with E-state index in [2.05, 4.69) is 0 Å². The van der Waals surface area contributed by atoms with E-state index in [0.717, 1.165) is 0 Å². The highest BCUT2D eigenvalue weighted by Crippen LogP contribution is 2.21. The minimum absolute atomic E-state index is 0.00677. The lowest BCUT2D eigenvalue weighted by Crippen LogP contribution is -2.18. The van der Waals surface area contributed by atoms with E-state index in [1.54, 1.807) is 6.07 Å². The zero-order chi connectivity index (χ0) is 12.3. The summed E-state index contributed by atoms with van der Waals surface area (Å²) in [6, 6.07) is 4.56. The standard InChI is InChI=1S/C10H15ClN2O2S/c1-7(12)2-3-8-6-9(11)4-5-10(8)16(13,14)15/h4-7H,2-3,12H2,1H3,(H2,13,14,15). The van der Waals surface area contributed by atoms with Crippen molar-refractivity contribution in [3.8, 4) is 0 Å². The van der Waals surface area contributed by atoms with Crippen molar-refractivity contribution in [3.63, 3.8) is 0 Å². The molecule has 16 heavy (non-hydrogen) atoms. The third-order valence-corrected chi connectivity index (χ3v) is 3.44. The first-order valence-electron chi connectivity index (χ1n) is 4.87. The number of hydrogen-bond donors (Lipinski definition) is 2. The van der Waals surface area contributed by atoms with E-state index < -0.39 is 10.0 Å². The van der Waals surface area contributed by atoms with E-state index in [1.165, 1.54) is 12.1 Å². The molecule has 0 saturated carbocycles. The average molecular weight is 263 g/mol. The molecule has 0 aliphatic heterocycles. The van der Waals surface area contributed by atoms with Crippen molar-refractivity contribution < 1.29 is 8.42 Å². The van der Waals surface area contributed by atoms with Crippen LogP contribution in [0.15, 0.2) is 23.1 Å². The number of primary sulfonamides is 1. The van der Waals surface area contributed by atoms with Crippen molar-refractivity contribution in [2.24, 2.45) is 10.9 Å². The molecule has 90 valence electrons. The van der Waals surface area contributed by atoms with Crippen LogP contribution in [0.5, 0.6) is 0 Å². The molecule has 0 fully saturated rings. The minimum atomic E-state index is -3.70. The highest BCUT2D eigenvalue weighted by Gasteiger charge is 2.14. The monoisotopic (exact) mass is 262 g/mol. The molecule has 0 saturated heterocycles. The van der Waals surface area contributed by atoms with E-state index in [4.69, 9.17) is 22.5 Å². The average Bonchev–Trinajstić information content (AvgIpc) is 2.12. The van der Waals surface area contributed by atoms with E-state index in [-0.39, 0.29) is 10.9 Å². The molecule has 1 aromatic rings. The summed E-state index contributed by atoms with van der Waals surface area (Å²) < 4.78 is 22.6. The normalized spacial score (nSPS) is 13.8. The van der Waals surface area contributed by atoms with E-state index in [1.807, 2.05) is 6.92 Å². The summed E-state index contributed by atoms with van der Waals surface area (Å²) in [6.07, 6.45) is 1.23. The first-order valence-corrected chi connectivity index (χ1v) is 6.80. The summed E-state index contributed by atoms with van der Waals surface area (Å²) in [7, 11) is -3.70. The molecule has 0 spiro atoms. The molecule has 1 rings (SSSR count). The summed E-state index contributed by atoms with van der Waals surface area (Å²) >= 11 is 5.82. The van der Waals surface area contributed by atoms with Crippen molar-refractivity contribution >= 4 is 21.6 Å². The van der Waals surface area contributed by atoms with Crippen molar-refractivity contribution in [2.45, 2.75) is 30.7 Å². The van der Waals surface area contributed by atoms with Gasteiger partial charge in [-0.05, 0) is 43.5 Å². The summed E-state index contributed by atoms with van der Waals surface area (Å²) in [6.45, 7) is 1.86. The molecule has 0 amide bonds. The van der Waals surface area contributed by atoms with Crippen LogP contribution < -0.4 is 10.9 Å². The van der Waals surface area contributed by atoms with Crippen LogP contribution in [0.4, 0.5) is 0 Å². The first-order chi connectivity index (χ1) is 7.30. The Morgan fingerprint density at radius 3 is 2.56 bits per heavy atom. The Bertz CT molecular complexity index is 472. The van der Waals surface area contributed by atoms with Gasteiger partial charge in [-0.3, -0.25) is 0 Å². The van der Waals surface area contributed by atoms with Crippen LogP contribution in [0, 0.1) is 0 Å². The second-order valence-electron chi connectivity index (χ2n) is 3.81. The van der Waals surface area contributed by atoms with Gasteiger partial charge in [-0.25, -0.2) is 13.6 Å². The van der Waals surface area contributed by atoms with Crippen LogP contribution in [-0.4, -0.2) is 14.5 Å². The number of aryl methyl sites for hydroxylation is 1. The summed E-state index contributed by atoms with van der Waals surface area (Å²) in [5, 5.41) is 5.60. The number of benzene rings is 1. The molecule has 0 radical (unpaired) electrons. The number of rotatable bonds is 4. The van der Waals surface area contributed by atoms with Gasteiger partial charge in [-0.2, -0.15) is 0 Å². The van der Waals surface area contributed by atoms with Gasteiger partial charge in [0.1, 0.15) is 0 Å². The van der Waals surface area contributed by atoms with Gasteiger partial charge < -0.3 is 5.73 Å². The fourth-order valence-electron chi connectivity index (χ4n) is 1.40. The Balaban J connectivity index is 3.09. The minimum Gasteiger partial charge on any atom is -0.328 e. The molecular weight excluding hydrogens is 248 g/mol. The Labute approximate surface area is 101 Å². The third-order valence-electron chi connectivity index (χ3n) is 2.20. The predicted molar refractivity (Wildman–Crippen MR) is 64.8 cm³/mol. The Morgan fingerprint density at radius 2 is 2.06 bits per heavy atom. The molecule has 1 atom stereocenters.